The molecule has 0 aromatic heterocycles. The van der Waals surface area contributed by atoms with E-state index >= 15 is 0 Å². The Balaban J connectivity index is 2.24. The Morgan fingerprint density at radius 2 is 1.80 bits per heavy atom. The molecule has 2 rings (SSSR count). The van der Waals surface area contributed by atoms with Crippen LogP contribution in [0.5, 0.6) is 11.5 Å². The highest BCUT2D eigenvalue weighted by molar-refractivity contribution is 6.08. The summed E-state index contributed by atoms with van der Waals surface area (Å²) in [5, 5.41) is 18.8. The van der Waals surface area contributed by atoms with Crippen LogP contribution < -0.4 is 0 Å². The lowest BCUT2D eigenvalue weighted by atomic mass is 10.0. The quantitative estimate of drug-likeness (QED) is 0.660. The smallest absolute Gasteiger partial charge is 0.189 e. The number of aromatic hydroxyl groups is 2. The van der Waals surface area contributed by atoms with Crippen LogP contribution in [-0.2, 0) is 0 Å². The maximum atomic E-state index is 12.0. The third-order valence-corrected chi connectivity index (χ3v) is 3.09. The van der Waals surface area contributed by atoms with E-state index in [4.69, 9.17) is 0 Å². The predicted molar refractivity (Wildman–Crippen MR) is 79.1 cm³/mol. The van der Waals surface area contributed by atoms with Crippen molar-refractivity contribution in [3.05, 3.63) is 64.7 Å². The Morgan fingerprint density at radius 3 is 2.45 bits per heavy atom. The summed E-state index contributed by atoms with van der Waals surface area (Å²) in [5.74, 6) is -0.597. The van der Waals surface area contributed by atoms with Gasteiger partial charge >= 0.3 is 0 Å². The van der Waals surface area contributed by atoms with E-state index in [9.17, 15) is 15.0 Å². The standard InChI is InChI=1S/C17H16O3/c1-11-3-4-13(12(2)9-11)5-8-16(19)15-7-6-14(18)10-17(15)20/h3-10,18,20H,1-2H3/b8-5+. The number of benzene rings is 2. The highest BCUT2D eigenvalue weighted by atomic mass is 16.3. The van der Waals surface area contributed by atoms with E-state index in [0.29, 0.717) is 0 Å². The summed E-state index contributed by atoms with van der Waals surface area (Å²) in [5.41, 5.74) is 3.39. The lowest BCUT2D eigenvalue weighted by Crippen LogP contribution is -1.94. The average molecular weight is 268 g/mol. The number of ketones is 1. The maximum Gasteiger partial charge on any atom is 0.189 e. The van der Waals surface area contributed by atoms with Gasteiger partial charge in [0.15, 0.2) is 5.78 Å². The van der Waals surface area contributed by atoms with Gasteiger partial charge in [0.05, 0.1) is 5.56 Å². The average Bonchev–Trinajstić information content (AvgIpc) is 2.37. The zero-order valence-electron chi connectivity index (χ0n) is 11.4. The van der Waals surface area contributed by atoms with Gasteiger partial charge in [-0.1, -0.05) is 29.8 Å². The minimum absolute atomic E-state index is 0.0718. The van der Waals surface area contributed by atoms with Crippen LogP contribution in [0.4, 0.5) is 0 Å². The van der Waals surface area contributed by atoms with Gasteiger partial charge in [-0.3, -0.25) is 4.79 Å². The second kappa shape index (κ2) is 5.61. The minimum atomic E-state index is -0.303. The molecule has 0 atom stereocenters. The normalized spacial score (nSPS) is 10.9. The Bertz CT molecular complexity index is 685. The molecule has 102 valence electrons. The fraction of sp³-hybridized carbons (Fsp3) is 0.118. The number of rotatable bonds is 3. The zero-order chi connectivity index (χ0) is 14.7. The summed E-state index contributed by atoms with van der Waals surface area (Å²) in [6.45, 7) is 4.00. The molecule has 0 fully saturated rings. The van der Waals surface area contributed by atoms with Crippen molar-refractivity contribution in [2.45, 2.75) is 13.8 Å². The number of aryl methyl sites for hydroxylation is 2. The summed E-state index contributed by atoms with van der Waals surface area (Å²) in [4.78, 5) is 12.0. The van der Waals surface area contributed by atoms with Crippen molar-refractivity contribution < 1.29 is 15.0 Å². The van der Waals surface area contributed by atoms with Gasteiger partial charge < -0.3 is 10.2 Å². The second-order valence-electron chi connectivity index (χ2n) is 4.76. The van der Waals surface area contributed by atoms with Gasteiger partial charge in [0.2, 0.25) is 0 Å². The molecular weight excluding hydrogens is 252 g/mol. The number of hydrogen-bond donors (Lipinski definition) is 2. The van der Waals surface area contributed by atoms with Crippen molar-refractivity contribution >= 4 is 11.9 Å². The molecule has 0 amide bonds. The molecule has 0 unspecified atom stereocenters. The first kappa shape index (κ1) is 13.9. The van der Waals surface area contributed by atoms with E-state index in [1.54, 1.807) is 6.08 Å². The number of phenols is 2. The molecule has 0 spiro atoms. The highest BCUT2D eigenvalue weighted by Crippen LogP contribution is 2.23. The van der Waals surface area contributed by atoms with E-state index in [1.165, 1.54) is 23.8 Å². The summed E-state index contributed by atoms with van der Waals surface area (Å²) in [6, 6.07) is 9.90. The first-order valence-electron chi connectivity index (χ1n) is 6.29. The second-order valence-corrected chi connectivity index (χ2v) is 4.76. The van der Waals surface area contributed by atoms with Crippen LogP contribution in [0.25, 0.3) is 6.08 Å². The Kier molecular flexibility index (Phi) is 3.89. The summed E-state index contributed by atoms with van der Waals surface area (Å²) in [6.07, 6.45) is 3.15. The van der Waals surface area contributed by atoms with Gasteiger partial charge in [0.1, 0.15) is 11.5 Å². The van der Waals surface area contributed by atoms with Crippen LogP contribution in [0.3, 0.4) is 0 Å². The van der Waals surface area contributed by atoms with Gasteiger partial charge in [-0.25, -0.2) is 0 Å². The molecule has 0 heterocycles. The van der Waals surface area contributed by atoms with Gasteiger partial charge in [-0.2, -0.15) is 0 Å². The van der Waals surface area contributed by atoms with Crippen molar-refractivity contribution in [2.24, 2.45) is 0 Å². The molecular formula is C17H16O3. The molecule has 2 aromatic carbocycles. The van der Waals surface area contributed by atoms with Gasteiger partial charge in [-0.15, -0.1) is 0 Å². The number of carbonyl (C=O) groups excluding carboxylic acids is 1. The third-order valence-electron chi connectivity index (χ3n) is 3.09. The van der Waals surface area contributed by atoms with Crippen molar-refractivity contribution in [3.8, 4) is 11.5 Å². The van der Waals surface area contributed by atoms with E-state index in [2.05, 4.69) is 0 Å². The van der Waals surface area contributed by atoms with Crippen molar-refractivity contribution in [1.82, 2.24) is 0 Å². The maximum absolute atomic E-state index is 12.0. The van der Waals surface area contributed by atoms with Gasteiger partial charge in [0.25, 0.3) is 0 Å². The number of carbonyl (C=O) groups is 1. The molecule has 0 saturated heterocycles. The summed E-state index contributed by atoms with van der Waals surface area (Å²) >= 11 is 0. The molecule has 0 aliphatic heterocycles. The van der Waals surface area contributed by atoms with Crippen LogP contribution in [-0.4, -0.2) is 16.0 Å². The lowest BCUT2D eigenvalue weighted by molar-refractivity contribution is 0.104. The first-order chi connectivity index (χ1) is 9.47. The summed E-state index contributed by atoms with van der Waals surface area (Å²) in [7, 11) is 0. The highest BCUT2D eigenvalue weighted by Gasteiger charge is 2.08. The van der Waals surface area contributed by atoms with Crippen molar-refractivity contribution in [1.29, 1.82) is 0 Å². The largest absolute Gasteiger partial charge is 0.508 e. The van der Waals surface area contributed by atoms with Crippen LogP contribution in [0, 0.1) is 13.8 Å². The van der Waals surface area contributed by atoms with E-state index in [1.807, 2.05) is 32.0 Å². The fourth-order valence-electron chi connectivity index (χ4n) is 2.00. The first-order valence-corrected chi connectivity index (χ1v) is 6.29. The third kappa shape index (κ3) is 3.06. The molecule has 2 aromatic rings. The molecule has 20 heavy (non-hydrogen) atoms. The Morgan fingerprint density at radius 1 is 1.05 bits per heavy atom. The van der Waals surface area contributed by atoms with Gasteiger partial charge in [-0.05, 0) is 43.2 Å². The minimum Gasteiger partial charge on any atom is -0.508 e. The molecule has 0 saturated carbocycles. The van der Waals surface area contributed by atoms with Crippen molar-refractivity contribution in [3.63, 3.8) is 0 Å². The predicted octanol–water partition coefficient (Wildman–Crippen LogP) is 3.61. The zero-order valence-corrected chi connectivity index (χ0v) is 11.4. The monoisotopic (exact) mass is 268 g/mol. The molecule has 2 N–H and O–H groups in total. The van der Waals surface area contributed by atoms with E-state index < -0.39 is 0 Å². The fourth-order valence-corrected chi connectivity index (χ4v) is 2.00. The SMILES string of the molecule is Cc1ccc(/C=C/C(=O)c2ccc(O)cc2O)c(C)c1. The Hall–Kier alpha value is -2.55. The van der Waals surface area contributed by atoms with E-state index in [-0.39, 0.29) is 22.8 Å². The number of hydrogen-bond acceptors (Lipinski definition) is 3. The van der Waals surface area contributed by atoms with E-state index in [0.717, 1.165) is 17.2 Å². The van der Waals surface area contributed by atoms with Crippen LogP contribution >= 0.6 is 0 Å². The van der Waals surface area contributed by atoms with Crippen molar-refractivity contribution in [2.75, 3.05) is 0 Å². The van der Waals surface area contributed by atoms with Crippen LogP contribution in [0.1, 0.15) is 27.0 Å². The molecule has 0 bridgehead atoms. The molecule has 0 aliphatic rings. The molecule has 0 aliphatic carbocycles. The molecule has 0 radical (unpaired) electrons. The molecule has 3 nitrogen and oxygen atoms in total. The van der Waals surface area contributed by atoms with Gasteiger partial charge in [0, 0.05) is 6.07 Å². The topological polar surface area (TPSA) is 57.5 Å². The number of allylic oxidation sites excluding steroid dienone is 1. The summed E-state index contributed by atoms with van der Waals surface area (Å²) < 4.78 is 0. The Labute approximate surface area is 117 Å². The lowest BCUT2D eigenvalue weighted by Gasteiger charge is -2.03. The van der Waals surface area contributed by atoms with Crippen LogP contribution in [0.15, 0.2) is 42.5 Å². The van der Waals surface area contributed by atoms with Crippen LogP contribution in [0.2, 0.25) is 0 Å². The molecule has 3 heteroatoms. The number of phenolic OH excluding ortho intramolecular Hbond substituents is 2.